The lowest BCUT2D eigenvalue weighted by molar-refractivity contribution is -0.123. The lowest BCUT2D eigenvalue weighted by atomic mass is 10.0. The topological polar surface area (TPSA) is 55.1 Å². The highest BCUT2D eigenvalue weighted by Gasteiger charge is 2.21. The van der Waals surface area contributed by atoms with Crippen LogP contribution in [0.25, 0.3) is 0 Å². The number of thiophene rings is 1. The molecule has 0 saturated carbocycles. The molecule has 90 valence electrons. The summed E-state index contributed by atoms with van der Waals surface area (Å²) in [5.74, 6) is 0.307. The first-order valence-electron chi connectivity index (χ1n) is 5.65. The maximum Gasteiger partial charge on any atom is 0.237 e. The summed E-state index contributed by atoms with van der Waals surface area (Å²) in [5, 5.41) is 5.04. The Balaban J connectivity index is 2.70. The minimum absolute atomic E-state index is 0.0606. The third-order valence-electron chi connectivity index (χ3n) is 2.59. The van der Waals surface area contributed by atoms with Gasteiger partial charge < -0.3 is 11.1 Å². The van der Waals surface area contributed by atoms with Crippen LogP contribution in [0.1, 0.15) is 38.1 Å². The minimum Gasteiger partial charge on any atom is -0.347 e. The van der Waals surface area contributed by atoms with Crippen LogP contribution in [0.15, 0.2) is 17.5 Å². The Morgan fingerprint density at radius 2 is 2.25 bits per heavy atom. The van der Waals surface area contributed by atoms with Crippen LogP contribution in [0.3, 0.4) is 0 Å². The molecule has 1 rings (SSSR count). The molecular weight excluding hydrogens is 220 g/mol. The van der Waals surface area contributed by atoms with E-state index in [1.54, 1.807) is 11.3 Å². The van der Waals surface area contributed by atoms with Crippen molar-refractivity contribution < 1.29 is 4.79 Å². The van der Waals surface area contributed by atoms with Crippen molar-refractivity contribution in [3.05, 3.63) is 22.4 Å². The molecule has 16 heavy (non-hydrogen) atoms. The zero-order chi connectivity index (χ0) is 12.1. The highest BCUT2D eigenvalue weighted by Crippen LogP contribution is 2.25. The van der Waals surface area contributed by atoms with Gasteiger partial charge in [0.25, 0.3) is 0 Å². The van der Waals surface area contributed by atoms with Gasteiger partial charge >= 0.3 is 0 Å². The van der Waals surface area contributed by atoms with Gasteiger partial charge in [-0.15, -0.1) is 11.3 Å². The van der Waals surface area contributed by atoms with E-state index < -0.39 is 6.04 Å². The first kappa shape index (κ1) is 13.2. The van der Waals surface area contributed by atoms with Gasteiger partial charge in [0.05, 0.1) is 12.1 Å². The number of carbonyl (C=O) groups is 1. The van der Waals surface area contributed by atoms with Crippen LogP contribution in [0, 0.1) is 5.92 Å². The Kier molecular flexibility index (Phi) is 4.96. The van der Waals surface area contributed by atoms with E-state index in [2.05, 4.69) is 19.2 Å². The van der Waals surface area contributed by atoms with Gasteiger partial charge in [0.15, 0.2) is 0 Å². The molecular formula is C12H20N2OS. The van der Waals surface area contributed by atoms with Crippen molar-refractivity contribution in [2.45, 2.75) is 39.3 Å². The fourth-order valence-corrected chi connectivity index (χ4v) is 2.43. The van der Waals surface area contributed by atoms with Gasteiger partial charge in [-0.25, -0.2) is 0 Å². The molecule has 0 spiro atoms. The molecule has 0 aromatic carbocycles. The van der Waals surface area contributed by atoms with E-state index in [9.17, 15) is 4.79 Å². The molecule has 0 fully saturated rings. The van der Waals surface area contributed by atoms with E-state index in [0.29, 0.717) is 12.3 Å². The Bertz CT molecular complexity index is 322. The lowest BCUT2D eigenvalue weighted by Crippen LogP contribution is -2.42. The van der Waals surface area contributed by atoms with E-state index in [0.717, 1.165) is 0 Å². The largest absolute Gasteiger partial charge is 0.347 e. The van der Waals surface area contributed by atoms with Gasteiger partial charge in [-0.1, -0.05) is 26.8 Å². The molecule has 0 bridgehead atoms. The monoisotopic (exact) mass is 240 g/mol. The highest BCUT2D eigenvalue weighted by molar-refractivity contribution is 7.10. The Hall–Kier alpha value is -0.870. The van der Waals surface area contributed by atoms with E-state index in [1.165, 1.54) is 4.88 Å². The van der Waals surface area contributed by atoms with Gasteiger partial charge in [-0.3, -0.25) is 4.79 Å². The first-order chi connectivity index (χ1) is 7.56. The second-order valence-corrected chi connectivity index (χ2v) is 5.24. The predicted octanol–water partition coefficient (Wildman–Crippen LogP) is 2.30. The van der Waals surface area contributed by atoms with Gasteiger partial charge in [0, 0.05) is 4.88 Å². The van der Waals surface area contributed by atoms with Crippen LogP contribution < -0.4 is 11.1 Å². The molecule has 0 saturated heterocycles. The lowest BCUT2D eigenvalue weighted by Gasteiger charge is -2.22. The van der Waals surface area contributed by atoms with Crippen LogP contribution in [0.4, 0.5) is 0 Å². The predicted molar refractivity (Wildman–Crippen MR) is 68.3 cm³/mol. The summed E-state index contributed by atoms with van der Waals surface area (Å²) in [5.41, 5.74) is 5.71. The summed E-state index contributed by atoms with van der Waals surface area (Å²) in [6.07, 6.45) is 0.668. The number of rotatable bonds is 5. The number of hydrogen-bond donors (Lipinski definition) is 2. The van der Waals surface area contributed by atoms with Gasteiger partial charge in [0.2, 0.25) is 5.91 Å². The van der Waals surface area contributed by atoms with Crippen LogP contribution >= 0.6 is 11.3 Å². The maximum atomic E-state index is 11.8. The van der Waals surface area contributed by atoms with Crippen molar-refractivity contribution in [3.63, 3.8) is 0 Å². The van der Waals surface area contributed by atoms with Crippen molar-refractivity contribution in [2.75, 3.05) is 0 Å². The molecule has 4 heteroatoms. The van der Waals surface area contributed by atoms with Crippen molar-refractivity contribution in [1.29, 1.82) is 0 Å². The molecule has 0 aliphatic heterocycles. The quantitative estimate of drug-likeness (QED) is 0.829. The summed E-state index contributed by atoms with van der Waals surface area (Å²) in [6, 6.07) is 3.72. The Morgan fingerprint density at radius 1 is 1.56 bits per heavy atom. The third-order valence-corrected chi connectivity index (χ3v) is 3.55. The normalized spacial score (nSPS) is 14.8. The molecule has 0 radical (unpaired) electrons. The summed E-state index contributed by atoms with van der Waals surface area (Å²) in [7, 11) is 0. The molecule has 1 aromatic rings. The van der Waals surface area contributed by atoms with Crippen molar-refractivity contribution in [2.24, 2.45) is 11.7 Å². The summed E-state index contributed by atoms with van der Waals surface area (Å²) in [6.45, 7) is 6.12. The minimum atomic E-state index is -0.402. The molecule has 2 unspecified atom stereocenters. The van der Waals surface area contributed by atoms with E-state index in [-0.39, 0.29) is 11.9 Å². The molecule has 3 N–H and O–H groups in total. The SMILES string of the molecule is CCC(N)C(=O)NC(c1cccs1)C(C)C. The molecule has 1 amide bonds. The summed E-state index contributed by atoms with van der Waals surface area (Å²) in [4.78, 5) is 12.9. The first-order valence-corrected chi connectivity index (χ1v) is 6.53. The van der Waals surface area contributed by atoms with E-state index >= 15 is 0 Å². The standard InChI is InChI=1S/C12H20N2OS/c1-4-9(13)12(15)14-11(8(2)3)10-6-5-7-16-10/h5-9,11H,4,13H2,1-3H3,(H,14,15). The molecule has 1 aromatic heterocycles. The fraction of sp³-hybridized carbons (Fsp3) is 0.583. The van der Waals surface area contributed by atoms with Crippen molar-refractivity contribution in [3.8, 4) is 0 Å². The Labute approximate surface area is 101 Å². The second kappa shape index (κ2) is 6.01. The number of hydrogen-bond acceptors (Lipinski definition) is 3. The number of nitrogens with two attached hydrogens (primary N) is 1. The molecule has 3 nitrogen and oxygen atoms in total. The smallest absolute Gasteiger partial charge is 0.237 e. The van der Waals surface area contributed by atoms with Crippen molar-refractivity contribution >= 4 is 17.2 Å². The third kappa shape index (κ3) is 3.32. The molecule has 0 aliphatic rings. The van der Waals surface area contributed by atoms with Gasteiger partial charge in [0.1, 0.15) is 0 Å². The average molecular weight is 240 g/mol. The van der Waals surface area contributed by atoms with Gasteiger partial charge in [-0.2, -0.15) is 0 Å². The van der Waals surface area contributed by atoms with Gasteiger partial charge in [-0.05, 0) is 23.8 Å². The second-order valence-electron chi connectivity index (χ2n) is 4.26. The van der Waals surface area contributed by atoms with E-state index in [4.69, 9.17) is 5.73 Å². The average Bonchev–Trinajstić information content (AvgIpc) is 2.76. The zero-order valence-electron chi connectivity index (χ0n) is 10.1. The number of amides is 1. The van der Waals surface area contributed by atoms with Crippen LogP contribution in [0.2, 0.25) is 0 Å². The van der Waals surface area contributed by atoms with E-state index in [1.807, 2.05) is 24.4 Å². The van der Waals surface area contributed by atoms with Crippen LogP contribution in [-0.2, 0) is 4.79 Å². The zero-order valence-corrected chi connectivity index (χ0v) is 10.9. The van der Waals surface area contributed by atoms with Crippen LogP contribution in [-0.4, -0.2) is 11.9 Å². The maximum absolute atomic E-state index is 11.8. The van der Waals surface area contributed by atoms with Crippen LogP contribution in [0.5, 0.6) is 0 Å². The summed E-state index contributed by atoms with van der Waals surface area (Å²) >= 11 is 1.67. The molecule has 1 heterocycles. The molecule has 0 aliphatic carbocycles. The van der Waals surface area contributed by atoms with Crippen molar-refractivity contribution in [1.82, 2.24) is 5.32 Å². The number of carbonyl (C=O) groups excluding carboxylic acids is 1. The Morgan fingerprint density at radius 3 is 2.69 bits per heavy atom. The number of nitrogens with one attached hydrogen (secondary N) is 1. The fourth-order valence-electron chi connectivity index (χ4n) is 1.48. The molecule has 2 atom stereocenters. The summed E-state index contributed by atoms with van der Waals surface area (Å²) < 4.78 is 0. The highest BCUT2D eigenvalue weighted by atomic mass is 32.1.